The van der Waals surface area contributed by atoms with Gasteiger partial charge in [-0.15, -0.1) is 0 Å². The Morgan fingerprint density at radius 3 is 1.50 bits per heavy atom. The van der Waals surface area contributed by atoms with Crippen molar-refractivity contribution in [3.63, 3.8) is 0 Å². The number of carboxylic acids is 1. The Kier molecular flexibility index (Phi) is 13.4. The van der Waals surface area contributed by atoms with E-state index in [0.717, 1.165) is 25.7 Å². The molecule has 0 fully saturated rings. The van der Waals surface area contributed by atoms with Crippen LogP contribution in [-0.2, 0) is 4.79 Å². The Hall–Kier alpha value is -0.940. The molecule has 0 heterocycles. The lowest BCUT2D eigenvalue weighted by Gasteiger charge is -1.93. The molecule has 0 atom stereocenters. The zero-order chi connectivity index (χ0) is 11.4. The number of carbonyl (C=O) groups is 1. The molecule has 84 valence electrons. The molecule has 14 heavy (non-hydrogen) atoms. The van der Waals surface area contributed by atoms with E-state index in [-0.39, 0.29) is 13.2 Å². The van der Waals surface area contributed by atoms with Crippen LogP contribution in [0.3, 0.4) is 0 Å². The first-order valence-corrected chi connectivity index (χ1v) is 4.35. The average Bonchev–Trinajstić information content (AvgIpc) is 2.13. The first kappa shape index (κ1) is 15.5. The minimum absolute atomic E-state index is 0.283. The molecule has 0 aromatic carbocycles. The van der Waals surface area contributed by atoms with E-state index in [2.05, 4.69) is 6.58 Å². The number of unbranched alkanes of at least 4 members (excludes halogenated alkanes) is 3. The molecule has 0 aromatic rings. The quantitative estimate of drug-likeness (QED) is 0.451. The van der Waals surface area contributed by atoms with Gasteiger partial charge in [0, 0.05) is 13.2 Å². The molecule has 0 rings (SSSR count). The SMILES string of the molecule is C=C(F)C(=O)O.OCCCCCCO. The van der Waals surface area contributed by atoms with Gasteiger partial charge in [-0.3, -0.25) is 0 Å². The second kappa shape index (κ2) is 12.1. The van der Waals surface area contributed by atoms with Crippen molar-refractivity contribution in [2.75, 3.05) is 13.2 Å². The van der Waals surface area contributed by atoms with E-state index < -0.39 is 11.8 Å². The normalized spacial score (nSPS) is 8.79. The third kappa shape index (κ3) is 17.2. The number of aliphatic carboxylic acids is 1. The monoisotopic (exact) mass is 208 g/mol. The molecule has 0 aliphatic heterocycles. The fourth-order valence-electron chi connectivity index (χ4n) is 0.577. The largest absolute Gasteiger partial charge is 0.476 e. The molecule has 0 aliphatic carbocycles. The van der Waals surface area contributed by atoms with E-state index in [9.17, 15) is 9.18 Å². The molecular formula is C9H17FO4. The summed E-state index contributed by atoms with van der Waals surface area (Å²) < 4.78 is 11.0. The number of aliphatic hydroxyl groups is 2. The lowest BCUT2D eigenvalue weighted by molar-refractivity contribution is -0.134. The minimum Gasteiger partial charge on any atom is -0.476 e. The predicted octanol–water partition coefficient (Wildman–Crippen LogP) is 1.09. The summed E-state index contributed by atoms with van der Waals surface area (Å²) in [5, 5.41) is 24.1. The molecule has 0 bridgehead atoms. The summed E-state index contributed by atoms with van der Waals surface area (Å²) in [6, 6.07) is 0. The van der Waals surface area contributed by atoms with E-state index in [1.165, 1.54) is 0 Å². The summed E-state index contributed by atoms with van der Waals surface area (Å²) in [6.07, 6.45) is 3.83. The molecule has 0 amide bonds. The van der Waals surface area contributed by atoms with E-state index >= 15 is 0 Å². The summed E-state index contributed by atoms with van der Waals surface area (Å²) in [7, 11) is 0. The molecule has 5 heteroatoms. The summed E-state index contributed by atoms with van der Waals surface area (Å²) in [5.41, 5.74) is 0. The summed E-state index contributed by atoms with van der Waals surface area (Å²) in [5.74, 6) is -2.93. The number of hydrogen-bond acceptors (Lipinski definition) is 3. The zero-order valence-corrected chi connectivity index (χ0v) is 8.08. The van der Waals surface area contributed by atoms with Gasteiger partial charge in [-0.1, -0.05) is 19.4 Å². The van der Waals surface area contributed by atoms with Gasteiger partial charge in [-0.05, 0) is 12.8 Å². The number of carboxylic acid groups (broad SMARTS) is 1. The van der Waals surface area contributed by atoms with Crippen LogP contribution in [0.1, 0.15) is 25.7 Å². The third-order valence-corrected chi connectivity index (χ3v) is 1.30. The Labute approximate surface area is 82.7 Å². The second-order valence-electron chi connectivity index (χ2n) is 2.57. The van der Waals surface area contributed by atoms with Gasteiger partial charge in [0.05, 0.1) is 0 Å². The zero-order valence-electron chi connectivity index (χ0n) is 8.08. The van der Waals surface area contributed by atoms with Crippen LogP contribution in [0.4, 0.5) is 4.39 Å². The van der Waals surface area contributed by atoms with Crippen LogP contribution in [0.2, 0.25) is 0 Å². The fraction of sp³-hybridized carbons (Fsp3) is 0.667. The number of hydrogen-bond donors (Lipinski definition) is 3. The van der Waals surface area contributed by atoms with Crippen molar-refractivity contribution in [3.05, 3.63) is 12.4 Å². The highest BCUT2D eigenvalue weighted by molar-refractivity contribution is 5.82. The summed E-state index contributed by atoms with van der Waals surface area (Å²) in [6.45, 7) is 3.05. The maximum Gasteiger partial charge on any atom is 0.364 e. The number of halogens is 1. The first-order valence-electron chi connectivity index (χ1n) is 4.35. The van der Waals surface area contributed by atoms with Crippen LogP contribution in [-0.4, -0.2) is 34.5 Å². The minimum atomic E-state index is -1.60. The molecule has 0 spiro atoms. The second-order valence-corrected chi connectivity index (χ2v) is 2.57. The molecule has 0 unspecified atom stereocenters. The van der Waals surface area contributed by atoms with E-state index in [0.29, 0.717) is 0 Å². The van der Waals surface area contributed by atoms with Crippen LogP contribution in [0, 0.1) is 0 Å². The molecule has 0 aromatic heterocycles. The van der Waals surface area contributed by atoms with E-state index in [1.54, 1.807) is 0 Å². The van der Waals surface area contributed by atoms with Crippen LogP contribution in [0.5, 0.6) is 0 Å². The van der Waals surface area contributed by atoms with Gasteiger partial charge < -0.3 is 15.3 Å². The molecule has 0 radical (unpaired) electrons. The van der Waals surface area contributed by atoms with Crippen molar-refractivity contribution in [1.82, 2.24) is 0 Å². The van der Waals surface area contributed by atoms with Crippen molar-refractivity contribution in [2.45, 2.75) is 25.7 Å². The lowest BCUT2D eigenvalue weighted by atomic mass is 10.2. The maximum atomic E-state index is 11.0. The van der Waals surface area contributed by atoms with Crippen LogP contribution >= 0.6 is 0 Å². The van der Waals surface area contributed by atoms with E-state index in [1.807, 2.05) is 0 Å². The van der Waals surface area contributed by atoms with Crippen LogP contribution in [0.25, 0.3) is 0 Å². The fourth-order valence-corrected chi connectivity index (χ4v) is 0.577. The Morgan fingerprint density at radius 2 is 1.36 bits per heavy atom. The highest BCUT2D eigenvalue weighted by Crippen LogP contribution is 1.96. The number of rotatable bonds is 6. The first-order chi connectivity index (χ1) is 6.56. The molecule has 3 N–H and O–H groups in total. The topological polar surface area (TPSA) is 77.8 Å². The Balaban J connectivity index is 0. The molecule has 0 saturated heterocycles. The van der Waals surface area contributed by atoms with Gasteiger partial charge in [0.2, 0.25) is 5.83 Å². The predicted molar refractivity (Wildman–Crippen MR) is 50.5 cm³/mol. The summed E-state index contributed by atoms with van der Waals surface area (Å²) >= 11 is 0. The smallest absolute Gasteiger partial charge is 0.364 e. The lowest BCUT2D eigenvalue weighted by Crippen LogP contribution is -1.90. The van der Waals surface area contributed by atoms with Crippen molar-refractivity contribution >= 4 is 5.97 Å². The third-order valence-electron chi connectivity index (χ3n) is 1.30. The Morgan fingerprint density at radius 1 is 1.07 bits per heavy atom. The van der Waals surface area contributed by atoms with Gasteiger partial charge in [0.1, 0.15) is 0 Å². The van der Waals surface area contributed by atoms with Crippen molar-refractivity contribution < 1.29 is 24.5 Å². The van der Waals surface area contributed by atoms with Gasteiger partial charge in [-0.25, -0.2) is 4.79 Å². The van der Waals surface area contributed by atoms with Gasteiger partial charge >= 0.3 is 5.97 Å². The molecule has 0 saturated carbocycles. The average molecular weight is 208 g/mol. The standard InChI is InChI=1S/C6H14O2.C3H3FO2/c7-5-3-1-2-4-6-8;1-2(4)3(5)6/h7-8H,1-6H2;1H2,(H,5,6). The van der Waals surface area contributed by atoms with Crippen molar-refractivity contribution in [3.8, 4) is 0 Å². The van der Waals surface area contributed by atoms with E-state index in [4.69, 9.17) is 15.3 Å². The van der Waals surface area contributed by atoms with Crippen molar-refractivity contribution in [1.29, 1.82) is 0 Å². The van der Waals surface area contributed by atoms with Crippen molar-refractivity contribution in [2.24, 2.45) is 0 Å². The maximum absolute atomic E-state index is 11.0. The molecule has 4 nitrogen and oxygen atoms in total. The van der Waals surface area contributed by atoms with Gasteiger partial charge in [0.25, 0.3) is 0 Å². The molecule has 0 aliphatic rings. The Bertz CT molecular complexity index is 141. The highest BCUT2D eigenvalue weighted by atomic mass is 19.1. The highest BCUT2D eigenvalue weighted by Gasteiger charge is 1.96. The summed E-state index contributed by atoms with van der Waals surface area (Å²) in [4.78, 5) is 9.22. The molecular weight excluding hydrogens is 191 g/mol. The number of aliphatic hydroxyl groups excluding tert-OH is 2. The van der Waals surface area contributed by atoms with Crippen LogP contribution in [0.15, 0.2) is 12.4 Å². The van der Waals surface area contributed by atoms with Crippen LogP contribution < -0.4 is 0 Å². The van der Waals surface area contributed by atoms with Gasteiger partial charge in [0.15, 0.2) is 0 Å². The van der Waals surface area contributed by atoms with Gasteiger partial charge in [-0.2, -0.15) is 4.39 Å².